The van der Waals surface area contributed by atoms with Crippen molar-refractivity contribution in [2.24, 2.45) is 0 Å². The van der Waals surface area contributed by atoms with Gasteiger partial charge in [0.05, 0.1) is 44.0 Å². The van der Waals surface area contributed by atoms with Crippen molar-refractivity contribution in [3.63, 3.8) is 0 Å². The van der Waals surface area contributed by atoms with Gasteiger partial charge in [-0.3, -0.25) is 9.36 Å². The lowest BCUT2D eigenvalue weighted by Gasteiger charge is -2.31. The Labute approximate surface area is 203 Å². The predicted octanol–water partition coefficient (Wildman–Crippen LogP) is 4.99. The number of methoxy groups -OCH3 is 3. The Morgan fingerprint density at radius 2 is 1.66 bits per heavy atom. The van der Waals surface area contributed by atoms with Gasteiger partial charge in [-0.1, -0.05) is 12.1 Å². The van der Waals surface area contributed by atoms with Crippen molar-refractivity contribution in [1.82, 2.24) is 9.55 Å². The predicted molar refractivity (Wildman–Crippen MR) is 135 cm³/mol. The minimum atomic E-state index is -0.488. The highest BCUT2D eigenvalue weighted by molar-refractivity contribution is 6.06. The minimum absolute atomic E-state index is 0.230. The fourth-order valence-corrected chi connectivity index (χ4v) is 4.47. The van der Waals surface area contributed by atoms with Gasteiger partial charge in [0, 0.05) is 23.0 Å². The maximum Gasteiger partial charge on any atom is 0.255 e. The van der Waals surface area contributed by atoms with E-state index in [2.05, 4.69) is 10.6 Å². The Morgan fingerprint density at radius 1 is 0.943 bits per heavy atom. The number of fused-ring (bicyclic) bond motifs is 3. The van der Waals surface area contributed by atoms with E-state index in [4.69, 9.17) is 19.2 Å². The van der Waals surface area contributed by atoms with Crippen LogP contribution in [0, 0.1) is 0 Å². The molecule has 1 amide bonds. The first-order chi connectivity index (χ1) is 17.0. The van der Waals surface area contributed by atoms with Crippen LogP contribution in [0.2, 0.25) is 0 Å². The van der Waals surface area contributed by atoms with Crippen LogP contribution in [0.1, 0.15) is 18.5 Å². The summed E-state index contributed by atoms with van der Waals surface area (Å²) in [6.45, 7) is 1.88. The Bertz CT molecular complexity index is 1440. The smallest absolute Gasteiger partial charge is 0.255 e. The molecule has 8 heteroatoms. The average molecular weight is 471 g/mol. The molecule has 1 aromatic heterocycles. The van der Waals surface area contributed by atoms with Crippen LogP contribution in [0.4, 0.5) is 11.6 Å². The van der Waals surface area contributed by atoms with Gasteiger partial charge in [0.2, 0.25) is 5.95 Å². The van der Waals surface area contributed by atoms with E-state index in [0.29, 0.717) is 40.2 Å². The van der Waals surface area contributed by atoms with Gasteiger partial charge < -0.3 is 24.8 Å². The topological polar surface area (TPSA) is 86.6 Å². The molecular weight excluding hydrogens is 444 g/mol. The molecule has 2 N–H and O–H groups in total. The highest BCUT2D eigenvalue weighted by atomic mass is 16.5. The second kappa shape index (κ2) is 9.06. The minimum Gasteiger partial charge on any atom is -0.497 e. The van der Waals surface area contributed by atoms with Gasteiger partial charge >= 0.3 is 0 Å². The number of rotatable bonds is 6. The third-order valence-electron chi connectivity index (χ3n) is 6.16. The number of nitrogens with zero attached hydrogens (tertiary/aromatic N) is 2. The molecule has 0 fully saturated rings. The molecule has 0 bridgehead atoms. The van der Waals surface area contributed by atoms with Crippen molar-refractivity contribution in [2.75, 3.05) is 32.0 Å². The molecule has 1 aliphatic rings. The first-order valence-corrected chi connectivity index (χ1v) is 11.2. The second-order valence-corrected chi connectivity index (χ2v) is 8.15. The van der Waals surface area contributed by atoms with Crippen LogP contribution in [0.25, 0.3) is 11.0 Å². The SMILES string of the molecule is COc1ccc(NC(=O)C2=C(C)Nc3nc4ccccc4n3[C@H]2c2ccc(OC)cc2OC)cc1. The number of aromatic nitrogens is 2. The van der Waals surface area contributed by atoms with Crippen LogP contribution in [-0.4, -0.2) is 36.8 Å². The van der Waals surface area contributed by atoms with Gasteiger partial charge in [-0.05, 0) is 55.5 Å². The lowest BCUT2D eigenvalue weighted by Crippen LogP contribution is -2.31. The van der Waals surface area contributed by atoms with Crippen molar-refractivity contribution < 1.29 is 19.0 Å². The van der Waals surface area contributed by atoms with E-state index in [0.717, 1.165) is 16.6 Å². The molecule has 0 aliphatic carbocycles. The maximum absolute atomic E-state index is 13.8. The van der Waals surface area contributed by atoms with Crippen molar-refractivity contribution in [2.45, 2.75) is 13.0 Å². The summed E-state index contributed by atoms with van der Waals surface area (Å²) in [5.41, 5.74) is 4.48. The summed E-state index contributed by atoms with van der Waals surface area (Å²) >= 11 is 0. The normalized spacial score (nSPS) is 14.8. The van der Waals surface area contributed by atoms with Crippen LogP contribution < -0.4 is 24.8 Å². The number of anilines is 2. The van der Waals surface area contributed by atoms with E-state index < -0.39 is 6.04 Å². The number of para-hydroxylation sites is 2. The summed E-state index contributed by atoms with van der Waals surface area (Å²) in [6, 6.07) is 20.2. The van der Waals surface area contributed by atoms with E-state index in [1.165, 1.54) is 0 Å². The number of carbonyl (C=O) groups excluding carboxylic acids is 1. The second-order valence-electron chi connectivity index (χ2n) is 8.15. The summed E-state index contributed by atoms with van der Waals surface area (Å²) in [6.07, 6.45) is 0. The van der Waals surface area contributed by atoms with E-state index in [1.807, 2.05) is 66.1 Å². The number of carbonyl (C=O) groups is 1. The molecule has 5 rings (SSSR count). The standard InChI is InChI=1S/C27H26N4O4/c1-16-24(26(32)29-17-9-11-18(33-2)12-10-17)25(20-14-13-19(34-3)15-23(20)35-4)31-22-8-6-5-7-21(22)30-27(31)28-16/h5-15,25H,1-4H3,(H,28,30)(H,29,32)/t25-/m0/s1. The molecule has 3 aromatic carbocycles. The summed E-state index contributed by atoms with van der Waals surface area (Å²) in [7, 11) is 4.83. The zero-order valence-corrected chi connectivity index (χ0v) is 20.0. The average Bonchev–Trinajstić information content (AvgIpc) is 3.25. The van der Waals surface area contributed by atoms with Crippen molar-refractivity contribution >= 4 is 28.6 Å². The van der Waals surface area contributed by atoms with Crippen molar-refractivity contribution in [1.29, 1.82) is 0 Å². The lowest BCUT2D eigenvalue weighted by molar-refractivity contribution is -0.113. The van der Waals surface area contributed by atoms with Crippen LogP contribution in [0.15, 0.2) is 78.0 Å². The van der Waals surface area contributed by atoms with Gasteiger partial charge in [0.15, 0.2) is 0 Å². The van der Waals surface area contributed by atoms with E-state index in [-0.39, 0.29) is 5.91 Å². The van der Waals surface area contributed by atoms with Crippen LogP contribution in [0.5, 0.6) is 17.2 Å². The molecule has 4 aromatic rings. The van der Waals surface area contributed by atoms with E-state index >= 15 is 0 Å². The maximum atomic E-state index is 13.8. The largest absolute Gasteiger partial charge is 0.497 e. The van der Waals surface area contributed by atoms with Crippen LogP contribution in [0.3, 0.4) is 0 Å². The lowest BCUT2D eigenvalue weighted by atomic mass is 9.93. The van der Waals surface area contributed by atoms with Gasteiger partial charge in [-0.25, -0.2) is 4.98 Å². The highest BCUT2D eigenvalue weighted by Gasteiger charge is 2.35. The van der Waals surface area contributed by atoms with Crippen molar-refractivity contribution in [3.05, 3.63) is 83.6 Å². The number of nitrogens with one attached hydrogen (secondary N) is 2. The first kappa shape index (κ1) is 22.3. The van der Waals surface area contributed by atoms with Gasteiger partial charge in [-0.15, -0.1) is 0 Å². The summed E-state index contributed by atoms with van der Waals surface area (Å²) < 4.78 is 18.4. The number of imidazole rings is 1. The molecule has 0 saturated heterocycles. The van der Waals surface area contributed by atoms with Gasteiger partial charge in [0.1, 0.15) is 17.2 Å². The summed E-state index contributed by atoms with van der Waals surface area (Å²) in [4.78, 5) is 18.5. The molecule has 0 unspecified atom stereocenters. The zero-order chi connectivity index (χ0) is 24.5. The fourth-order valence-electron chi connectivity index (χ4n) is 4.47. The number of hydrogen-bond donors (Lipinski definition) is 2. The monoisotopic (exact) mass is 470 g/mol. The van der Waals surface area contributed by atoms with E-state index in [1.54, 1.807) is 33.5 Å². The van der Waals surface area contributed by atoms with Crippen molar-refractivity contribution in [3.8, 4) is 17.2 Å². The summed E-state index contributed by atoms with van der Waals surface area (Å²) in [5.74, 6) is 2.43. The Balaban J connectivity index is 1.66. The molecule has 1 atom stereocenters. The summed E-state index contributed by atoms with van der Waals surface area (Å²) in [5, 5.41) is 6.36. The molecule has 0 saturated carbocycles. The van der Waals surface area contributed by atoms with Gasteiger partial charge in [0.25, 0.3) is 5.91 Å². The molecule has 8 nitrogen and oxygen atoms in total. The number of hydrogen-bond acceptors (Lipinski definition) is 6. The molecular formula is C27H26N4O4. The fraction of sp³-hybridized carbons (Fsp3) is 0.185. The Morgan fingerprint density at radius 3 is 2.37 bits per heavy atom. The number of ether oxygens (including phenoxy) is 3. The molecule has 0 radical (unpaired) electrons. The van der Waals surface area contributed by atoms with Crippen LogP contribution >= 0.6 is 0 Å². The molecule has 2 heterocycles. The molecule has 178 valence electrons. The number of benzene rings is 3. The van der Waals surface area contributed by atoms with Gasteiger partial charge in [-0.2, -0.15) is 0 Å². The zero-order valence-electron chi connectivity index (χ0n) is 20.0. The third-order valence-corrected chi connectivity index (χ3v) is 6.16. The molecule has 0 spiro atoms. The van der Waals surface area contributed by atoms with Crippen LogP contribution in [-0.2, 0) is 4.79 Å². The van der Waals surface area contributed by atoms with E-state index in [9.17, 15) is 4.79 Å². The highest BCUT2D eigenvalue weighted by Crippen LogP contribution is 2.43. The third kappa shape index (κ3) is 3.93. The quantitative estimate of drug-likeness (QED) is 0.413. The molecule has 1 aliphatic heterocycles. The Kier molecular flexibility index (Phi) is 5.78. The number of allylic oxidation sites excluding steroid dienone is 1. The molecule has 35 heavy (non-hydrogen) atoms. The first-order valence-electron chi connectivity index (χ1n) is 11.2. The number of amides is 1. The Hall–Kier alpha value is -4.46.